The summed E-state index contributed by atoms with van der Waals surface area (Å²) in [6.45, 7) is 0. The van der Waals surface area contributed by atoms with E-state index in [1.807, 2.05) is 0 Å². The van der Waals surface area contributed by atoms with Crippen LogP contribution in [0.3, 0.4) is 0 Å². The fraction of sp³-hybridized carbons (Fsp3) is 0.200. The summed E-state index contributed by atoms with van der Waals surface area (Å²) >= 11 is 0. The Morgan fingerprint density at radius 3 is 2.19 bits per heavy atom. The van der Waals surface area contributed by atoms with Gasteiger partial charge in [-0.1, -0.05) is 0 Å². The summed E-state index contributed by atoms with van der Waals surface area (Å²) in [6.07, 6.45) is 2.91. The Balaban J connectivity index is 3.04. The van der Waals surface area contributed by atoms with Crippen molar-refractivity contribution in [2.45, 2.75) is 0 Å². The van der Waals surface area contributed by atoms with E-state index in [-0.39, 0.29) is 11.5 Å². The van der Waals surface area contributed by atoms with Crippen LogP contribution in [0.4, 0.5) is 5.69 Å². The van der Waals surface area contributed by atoms with Crippen molar-refractivity contribution in [3.8, 4) is 0 Å². The minimum absolute atomic E-state index is 0.0784. The van der Waals surface area contributed by atoms with Gasteiger partial charge in [-0.2, -0.15) is 0 Å². The smallest absolute Gasteiger partial charge is 0.269 e. The monoisotopic (exact) mass is 241 g/mol. The third kappa shape index (κ3) is 3.47. The van der Waals surface area contributed by atoms with Crippen LogP contribution in [-0.2, 0) is 9.52 Å². The second-order valence-corrected chi connectivity index (χ2v) is 6.45. The van der Waals surface area contributed by atoms with Crippen molar-refractivity contribution in [3.63, 3.8) is 0 Å². The SMILES string of the molecule is CS(C)(=O)=CC(=O)c1ccc([N+](=O)[O-])cc1. The van der Waals surface area contributed by atoms with Crippen molar-refractivity contribution >= 4 is 26.4 Å². The Kier molecular flexibility index (Phi) is 3.44. The molecule has 0 fully saturated rings. The molecule has 16 heavy (non-hydrogen) atoms. The van der Waals surface area contributed by atoms with E-state index in [0.29, 0.717) is 5.56 Å². The van der Waals surface area contributed by atoms with Gasteiger partial charge in [-0.25, -0.2) is 0 Å². The molecule has 5 nitrogen and oxygen atoms in total. The lowest BCUT2D eigenvalue weighted by molar-refractivity contribution is -0.384. The molecule has 1 aromatic rings. The van der Waals surface area contributed by atoms with Crippen LogP contribution < -0.4 is 0 Å². The largest absolute Gasteiger partial charge is 0.289 e. The van der Waals surface area contributed by atoms with Crippen LogP contribution in [0.1, 0.15) is 10.4 Å². The van der Waals surface area contributed by atoms with Gasteiger partial charge < -0.3 is 0 Å². The van der Waals surface area contributed by atoms with Gasteiger partial charge >= 0.3 is 0 Å². The summed E-state index contributed by atoms with van der Waals surface area (Å²) in [7, 11) is -2.26. The molecule has 0 spiro atoms. The molecule has 6 heteroatoms. The van der Waals surface area contributed by atoms with Crippen LogP contribution in [0.5, 0.6) is 0 Å². The van der Waals surface area contributed by atoms with Gasteiger partial charge in [0.25, 0.3) is 5.69 Å². The third-order valence-electron chi connectivity index (χ3n) is 1.75. The van der Waals surface area contributed by atoms with E-state index in [9.17, 15) is 19.1 Å². The summed E-state index contributed by atoms with van der Waals surface area (Å²) in [5.41, 5.74) is 0.215. The first-order valence-corrected chi connectivity index (χ1v) is 6.81. The molecule has 0 aliphatic rings. The van der Waals surface area contributed by atoms with E-state index >= 15 is 0 Å². The highest BCUT2D eigenvalue weighted by molar-refractivity contribution is 8.01. The predicted molar refractivity (Wildman–Crippen MR) is 63.5 cm³/mol. The quantitative estimate of drug-likeness (QED) is 0.344. The molecule has 0 unspecified atom stereocenters. The minimum Gasteiger partial charge on any atom is -0.289 e. The second kappa shape index (κ2) is 4.44. The lowest BCUT2D eigenvalue weighted by Crippen LogP contribution is -2.08. The zero-order valence-electron chi connectivity index (χ0n) is 8.88. The molecule has 0 bridgehead atoms. The highest BCUT2D eigenvalue weighted by Crippen LogP contribution is 2.11. The predicted octanol–water partition coefficient (Wildman–Crippen LogP) is 1.12. The number of nitro benzene ring substituents is 1. The number of benzene rings is 1. The van der Waals surface area contributed by atoms with E-state index in [1.54, 1.807) is 0 Å². The lowest BCUT2D eigenvalue weighted by atomic mass is 10.1. The van der Waals surface area contributed by atoms with Crippen molar-refractivity contribution in [1.82, 2.24) is 0 Å². The van der Waals surface area contributed by atoms with Crippen LogP contribution in [-0.4, -0.2) is 32.8 Å². The maximum Gasteiger partial charge on any atom is 0.269 e. The Morgan fingerprint density at radius 1 is 1.31 bits per heavy atom. The van der Waals surface area contributed by atoms with E-state index in [0.717, 1.165) is 5.37 Å². The molecular weight excluding hydrogens is 230 g/mol. The molecule has 1 rings (SSSR count). The second-order valence-electron chi connectivity index (χ2n) is 3.60. The van der Waals surface area contributed by atoms with Gasteiger partial charge in [0, 0.05) is 35.6 Å². The van der Waals surface area contributed by atoms with Crippen LogP contribution in [0.2, 0.25) is 0 Å². The molecule has 0 atom stereocenters. The van der Waals surface area contributed by atoms with E-state index in [4.69, 9.17) is 0 Å². The van der Waals surface area contributed by atoms with Crippen molar-refractivity contribution in [2.24, 2.45) is 0 Å². The average molecular weight is 241 g/mol. The van der Waals surface area contributed by atoms with Crippen molar-refractivity contribution in [3.05, 3.63) is 39.9 Å². The molecule has 0 saturated carbocycles. The number of ketones is 1. The number of rotatable bonds is 3. The molecule has 0 amide bonds. The Bertz CT molecular complexity index is 530. The Hall–Kier alpha value is -1.69. The highest BCUT2D eigenvalue weighted by atomic mass is 32.2. The standard InChI is InChI=1S/C10H11NO4S/c1-16(2,15)7-10(12)8-3-5-9(6-4-8)11(13)14/h3-7H,1-2H3. The maximum absolute atomic E-state index is 11.5. The van der Waals surface area contributed by atoms with E-state index < -0.39 is 14.4 Å². The molecule has 0 radical (unpaired) electrons. The lowest BCUT2D eigenvalue weighted by Gasteiger charge is -1.97. The fourth-order valence-electron chi connectivity index (χ4n) is 1.07. The summed E-state index contributed by atoms with van der Waals surface area (Å²) < 4.78 is 11.4. The fourth-order valence-corrected chi connectivity index (χ4v) is 1.72. The topological polar surface area (TPSA) is 77.3 Å². The summed E-state index contributed by atoms with van der Waals surface area (Å²) in [5, 5.41) is 11.5. The molecule has 0 heterocycles. The highest BCUT2D eigenvalue weighted by Gasteiger charge is 2.08. The number of hydrogen-bond acceptors (Lipinski definition) is 4. The van der Waals surface area contributed by atoms with Gasteiger partial charge in [0.15, 0.2) is 5.78 Å². The number of nitrogens with zero attached hydrogens (tertiary/aromatic N) is 1. The molecule has 0 aliphatic carbocycles. The summed E-state index contributed by atoms with van der Waals surface area (Å²) in [6, 6.07) is 5.19. The van der Waals surface area contributed by atoms with E-state index in [2.05, 4.69) is 0 Å². The van der Waals surface area contributed by atoms with Crippen molar-refractivity contribution < 1.29 is 13.9 Å². The van der Waals surface area contributed by atoms with Gasteiger partial charge in [0.05, 0.1) is 4.92 Å². The number of hydrogen-bond donors (Lipinski definition) is 0. The number of Topliss-reactive ketones (excluding diaryl/α,β-unsaturated/α-hetero) is 1. The molecular formula is C10H11NO4S. The zero-order chi connectivity index (χ0) is 12.3. The van der Waals surface area contributed by atoms with Crippen LogP contribution in [0.25, 0.3) is 0 Å². The van der Waals surface area contributed by atoms with Crippen LogP contribution in [0, 0.1) is 10.1 Å². The normalized spacial score (nSPS) is 10.9. The van der Waals surface area contributed by atoms with Gasteiger partial charge in [0.2, 0.25) is 0 Å². The van der Waals surface area contributed by atoms with Crippen molar-refractivity contribution in [2.75, 3.05) is 12.5 Å². The van der Waals surface area contributed by atoms with Gasteiger partial charge in [0.1, 0.15) is 0 Å². The number of nitro groups is 1. The number of non-ortho nitro benzene ring substituents is 1. The average Bonchev–Trinajstić information content (AvgIpc) is 2.15. The molecule has 0 N–H and O–H groups in total. The molecule has 0 saturated heterocycles. The van der Waals surface area contributed by atoms with Crippen LogP contribution >= 0.6 is 0 Å². The van der Waals surface area contributed by atoms with Crippen LogP contribution in [0.15, 0.2) is 24.3 Å². The summed E-state index contributed by atoms with van der Waals surface area (Å²) in [5.74, 6) is -0.384. The molecule has 86 valence electrons. The molecule has 0 aliphatic heterocycles. The first kappa shape index (κ1) is 12.4. The van der Waals surface area contributed by atoms with E-state index in [1.165, 1.54) is 36.8 Å². The Labute approximate surface area is 93.3 Å². The van der Waals surface area contributed by atoms with Gasteiger partial charge in [-0.05, 0) is 21.7 Å². The molecule has 1 aromatic carbocycles. The first-order valence-electron chi connectivity index (χ1n) is 4.37. The number of carbonyl (C=O) groups is 1. The maximum atomic E-state index is 11.5. The molecule has 0 aromatic heterocycles. The first-order chi connectivity index (χ1) is 7.29. The zero-order valence-corrected chi connectivity index (χ0v) is 9.69. The van der Waals surface area contributed by atoms with Crippen molar-refractivity contribution in [1.29, 1.82) is 0 Å². The Morgan fingerprint density at radius 2 is 1.81 bits per heavy atom. The number of carbonyl (C=O) groups excluding carboxylic acids is 1. The van der Waals surface area contributed by atoms with Gasteiger partial charge in [-0.3, -0.25) is 19.1 Å². The minimum atomic E-state index is -2.26. The summed E-state index contributed by atoms with van der Waals surface area (Å²) in [4.78, 5) is 21.4. The third-order valence-corrected chi connectivity index (χ3v) is 2.54. The van der Waals surface area contributed by atoms with Gasteiger partial charge in [-0.15, -0.1) is 0 Å².